The van der Waals surface area contributed by atoms with Gasteiger partial charge in [-0.1, -0.05) is 24.3 Å². The fraction of sp³-hybridized carbons (Fsp3) is 0. The number of hydrogen-bond acceptors (Lipinski definition) is 2. The number of hydrogen-bond donors (Lipinski definition) is 1. The van der Waals surface area contributed by atoms with E-state index in [0.717, 1.165) is 31.5 Å². The Morgan fingerprint density at radius 3 is 2.52 bits per heavy atom. The molecule has 0 bridgehead atoms. The topological polar surface area (TPSA) is 28.7 Å². The maximum Gasteiger partial charge on any atom is 0.100 e. The summed E-state index contributed by atoms with van der Waals surface area (Å²) in [6, 6.07) is 22.4. The van der Waals surface area contributed by atoms with Gasteiger partial charge in [0.05, 0.1) is 16.6 Å². The minimum absolute atomic E-state index is 0.629. The lowest BCUT2D eigenvalue weighted by atomic mass is 10.1. The SMILES string of the molecule is N#Cc1ccc(-n2c3ccccc3c3c(S)cccc32)cc1Br. The number of nitrogens with zero attached hydrogens (tertiary/aromatic N) is 2. The van der Waals surface area contributed by atoms with Crippen LogP contribution in [0.1, 0.15) is 5.56 Å². The van der Waals surface area contributed by atoms with E-state index in [9.17, 15) is 0 Å². The van der Waals surface area contributed by atoms with Gasteiger partial charge in [0, 0.05) is 25.8 Å². The lowest BCUT2D eigenvalue weighted by Gasteiger charge is -2.09. The molecule has 0 N–H and O–H groups in total. The molecule has 0 radical (unpaired) electrons. The molecule has 3 aromatic carbocycles. The first kappa shape index (κ1) is 14.4. The second-order valence-electron chi connectivity index (χ2n) is 5.30. The Labute approximate surface area is 147 Å². The molecule has 1 aromatic heterocycles. The Morgan fingerprint density at radius 2 is 1.74 bits per heavy atom. The van der Waals surface area contributed by atoms with Gasteiger partial charge in [-0.15, -0.1) is 12.6 Å². The van der Waals surface area contributed by atoms with Gasteiger partial charge in [-0.25, -0.2) is 0 Å². The summed E-state index contributed by atoms with van der Waals surface area (Å²) in [5, 5.41) is 11.4. The zero-order valence-corrected chi connectivity index (χ0v) is 14.5. The molecule has 1 heterocycles. The van der Waals surface area contributed by atoms with Crippen molar-refractivity contribution in [1.29, 1.82) is 5.26 Å². The third kappa shape index (κ3) is 2.16. The van der Waals surface area contributed by atoms with Gasteiger partial charge >= 0.3 is 0 Å². The second-order valence-corrected chi connectivity index (χ2v) is 6.64. The van der Waals surface area contributed by atoms with Crippen LogP contribution in [-0.2, 0) is 0 Å². The van der Waals surface area contributed by atoms with E-state index in [2.05, 4.69) is 57.4 Å². The first-order valence-corrected chi connectivity index (χ1v) is 8.36. The lowest BCUT2D eigenvalue weighted by molar-refractivity contribution is 1.17. The van der Waals surface area contributed by atoms with Crippen LogP contribution in [0.4, 0.5) is 0 Å². The van der Waals surface area contributed by atoms with E-state index in [1.807, 2.05) is 42.5 Å². The predicted molar refractivity (Wildman–Crippen MR) is 100 cm³/mol. The van der Waals surface area contributed by atoms with Gasteiger partial charge in [-0.2, -0.15) is 5.26 Å². The maximum absolute atomic E-state index is 9.12. The molecule has 4 heteroatoms. The molecule has 4 aromatic rings. The molecule has 0 saturated carbocycles. The summed E-state index contributed by atoms with van der Waals surface area (Å²) in [7, 11) is 0. The third-order valence-corrected chi connectivity index (χ3v) is 5.04. The number of benzene rings is 3. The van der Waals surface area contributed by atoms with E-state index in [1.54, 1.807) is 0 Å². The fourth-order valence-corrected chi connectivity index (χ4v) is 3.79. The van der Waals surface area contributed by atoms with E-state index in [0.29, 0.717) is 5.56 Å². The summed E-state index contributed by atoms with van der Waals surface area (Å²) in [6.45, 7) is 0. The highest BCUT2D eigenvalue weighted by Crippen LogP contribution is 2.36. The van der Waals surface area contributed by atoms with Crippen molar-refractivity contribution in [3.05, 3.63) is 70.7 Å². The summed E-state index contributed by atoms with van der Waals surface area (Å²) in [4.78, 5) is 0.963. The van der Waals surface area contributed by atoms with E-state index in [1.165, 1.54) is 5.39 Å². The second kappa shape index (κ2) is 5.45. The van der Waals surface area contributed by atoms with E-state index in [4.69, 9.17) is 5.26 Å². The highest BCUT2D eigenvalue weighted by atomic mass is 79.9. The van der Waals surface area contributed by atoms with E-state index >= 15 is 0 Å². The van der Waals surface area contributed by atoms with Crippen LogP contribution < -0.4 is 0 Å². The van der Waals surface area contributed by atoms with Crippen LogP contribution in [0.15, 0.2) is 70.0 Å². The molecule has 0 unspecified atom stereocenters. The van der Waals surface area contributed by atoms with Crippen LogP contribution >= 0.6 is 28.6 Å². The Kier molecular flexibility index (Phi) is 3.41. The molecular weight excluding hydrogens is 368 g/mol. The summed E-state index contributed by atoms with van der Waals surface area (Å²) in [5.41, 5.74) is 3.88. The van der Waals surface area contributed by atoms with Crippen molar-refractivity contribution in [3.63, 3.8) is 0 Å². The Balaban J connectivity index is 2.16. The molecular formula is C19H11BrN2S. The monoisotopic (exact) mass is 378 g/mol. The van der Waals surface area contributed by atoms with Crippen LogP contribution in [-0.4, -0.2) is 4.57 Å². The quantitative estimate of drug-likeness (QED) is 0.422. The highest BCUT2D eigenvalue weighted by molar-refractivity contribution is 9.10. The molecule has 0 aliphatic carbocycles. The van der Waals surface area contributed by atoms with Gasteiger partial charge in [0.25, 0.3) is 0 Å². The van der Waals surface area contributed by atoms with Crippen molar-refractivity contribution >= 4 is 50.4 Å². The van der Waals surface area contributed by atoms with E-state index < -0.39 is 0 Å². The molecule has 23 heavy (non-hydrogen) atoms. The number of nitriles is 1. The van der Waals surface area contributed by atoms with Gasteiger partial charge < -0.3 is 4.57 Å². The summed E-state index contributed by atoms with van der Waals surface area (Å²) < 4.78 is 3.00. The normalized spacial score (nSPS) is 11.0. The van der Waals surface area contributed by atoms with Crippen molar-refractivity contribution in [3.8, 4) is 11.8 Å². The van der Waals surface area contributed by atoms with Gasteiger partial charge in [0.2, 0.25) is 0 Å². The van der Waals surface area contributed by atoms with Crippen LogP contribution in [0.3, 0.4) is 0 Å². The van der Waals surface area contributed by atoms with Gasteiger partial charge in [-0.3, -0.25) is 0 Å². The summed E-state index contributed by atoms with van der Waals surface area (Å²) in [6.07, 6.45) is 0. The highest BCUT2D eigenvalue weighted by Gasteiger charge is 2.14. The summed E-state index contributed by atoms with van der Waals surface area (Å²) in [5.74, 6) is 0. The Morgan fingerprint density at radius 1 is 0.957 bits per heavy atom. The smallest absolute Gasteiger partial charge is 0.100 e. The average Bonchev–Trinajstić information content (AvgIpc) is 2.90. The minimum Gasteiger partial charge on any atom is -0.309 e. The molecule has 0 aliphatic rings. The molecule has 0 atom stereocenters. The third-order valence-electron chi connectivity index (χ3n) is 4.01. The summed E-state index contributed by atoms with van der Waals surface area (Å²) >= 11 is 8.12. The van der Waals surface area contributed by atoms with Crippen molar-refractivity contribution in [1.82, 2.24) is 4.57 Å². The average molecular weight is 379 g/mol. The Hall–Kier alpha value is -2.22. The molecule has 4 rings (SSSR count). The van der Waals surface area contributed by atoms with Gasteiger partial charge in [-0.05, 0) is 52.3 Å². The number of aromatic nitrogens is 1. The standard InChI is InChI=1S/C19H11BrN2S/c20-15-10-13(9-8-12(15)11-21)22-16-5-2-1-4-14(16)19-17(22)6-3-7-18(19)23/h1-10,23H. The van der Waals surface area contributed by atoms with Crippen molar-refractivity contribution < 1.29 is 0 Å². The van der Waals surface area contributed by atoms with Crippen molar-refractivity contribution in [2.45, 2.75) is 4.90 Å². The first-order chi connectivity index (χ1) is 11.2. The molecule has 0 aliphatic heterocycles. The first-order valence-electron chi connectivity index (χ1n) is 7.12. The van der Waals surface area contributed by atoms with Gasteiger partial charge in [0.1, 0.15) is 6.07 Å². The molecule has 2 nitrogen and oxygen atoms in total. The zero-order chi connectivity index (χ0) is 16.0. The molecule has 110 valence electrons. The van der Waals surface area contributed by atoms with Crippen molar-refractivity contribution in [2.24, 2.45) is 0 Å². The van der Waals surface area contributed by atoms with Gasteiger partial charge in [0.15, 0.2) is 0 Å². The van der Waals surface area contributed by atoms with Crippen LogP contribution in [0.2, 0.25) is 0 Å². The lowest BCUT2D eigenvalue weighted by Crippen LogP contribution is -1.94. The molecule has 0 amide bonds. The molecule has 0 saturated heterocycles. The minimum atomic E-state index is 0.629. The Bertz CT molecular complexity index is 1110. The van der Waals surface area contributed by atoms with Crippen molar-refractivity contribution in [2.75, 3.05) is 0 Å². The number of thiol groups is 1. The number of rotatable bonds is 1. The maximum atomic E-state index is 9.12. The van der Waals surface area contributed by atoms with E-state index in [-0.39, 0.29) is 0 Å². The number of para-hydroxylation sites is 1. The predicted octanol–water partition coefficient (Wildman–Crippen LogP) is 5.71. The van der Waals surface area contributed by atoms with Crippen LogP contribution in [0, 0.1) is 11.3 Å². The number of halogens is 1. The zero-order valence-electron chi connectivity index (χ0n) is 12.0. The molecule has 0 fully saturated rings. The van der Waals surface area contributed by atoms with Crippen LogP contribution in [0.25, 0.3) is 27.5 Å². The fourth-order valence-electron chi connectivity index (χ4n) is 3.01. The molecule has 0 spiro atoms. The largest absolute Gasteiger partial charge is 0.309 e. The van der Waals surface area contributed by atoms with Crippen LogP contribution in [0.5, 0.6) is 0 Å². The number of fused-ring (bicyclic) bond motifs is 3.